The number of carbonyl (C=O) groups is 1. The lowest BCUT2D eigenvalue weighted by molar-refractivity contribution is -0.127. The highest BCUT2D eigenvalue weighted by Crippen LogP contribution is 2.22. The number of hydrogen-bond donors (Lipinski definition) is 1. The van der Waals surface area contributed by atoms with E-state index in [4.69, 9.17) is 4.52 Å². The molecule has 6 nitrogen and oxygen atoms in total. The molecule has 1 aliphatic heterocycles. The van der Waals surface area contributed by atoms with Gasteiger partial charge in [-0.2, -0.15) is 4.98 Å². The first-order valence-electron chi connectivity index (χ1n) is 10.2. The number of carbonyl (C=O) groups excluding carboxylic acids is 1. The van der Waals surface area contributed by atoms with Gasteiger partial charge in [-0.25, -0.2) is 4.39 Å². The van der Waals surface area contributed by atoms with E-state index in [-0.39, 0.29) is 23.7 Å². The highest BCUT2D eigenvalue weighted by Gasteiger charge is 2.27. The van der Waals surface area contributed by atoms with E-state index in [1.807, 2.05) is 37.3 Å². The normalized spacial score (nSPS) is 16.3. The van der Waals surface area contributed by atoms with Crippen molar-refractivity contribution in [2.24, 2.45) is 5.92 Å². The Morgan fingerprint density at radius 2 is 1.87 bits per heavy atom. The van der Waals surface area contributed by atoms with Crippen molar-refractivity contribution < 1.29 is 13.7 Å². The largest absolute Gasteiger partial charge is 0.349 e. The lowest BCUT2D eigenvalue weighted by Gasteiger charge is -2.30. The van der Waals surface area contributed by atoms with Crippen LogP contribution in [0.3, 0.4) is 0 Å². The molecule has 0 bridgehead atoms. The van der Waals surface area contributed by atoms with Crippen LogP contribution in [0.1, 0.15) is 37.3 Å². The van der Waals surface area contributed by atoms with Crippen LogP contribution in [-0.2, 0) is 11.3 Å². The Bertz CT molecular complexity index is 966. The second-order valence-electron chi connectivity index (χ2n) is 7.71. The van der Waals surface area contributed by atoms with Crippen molar-refractivity contribution in [2.75, 3.05) is 13.1 Å². The number of amides is 1. The smallest absolute Gasteiger partial charge is 0.241 e. The Labute approximate surface area is 175 Å². The lowest BCUT2D eigenvalue weighted by Crippen LogP contribution is -2.40. The molecule has 0 aliphatic carbocycles. The summed E-state index contributed by atoms with van der Waals surface area (Å²) >= 11 is 0. The van der Waals surface area contributed by atoms with Gasteiger partial charge in [0.1, 0.15) is 5.82 Å². The molecule has 30 heavy (non-hydrogen) atoms. The maximum Gasteiger partial charge on any atom is 0.241 e. The van der Waals surface area contributed by atoms with Gasteiger partial charge in [-0.15, -0.1) is 0 Å². The van der Waals surface area contributed by atoms with Gasteiger partial charge in [0.05, 0.1) is 12.6 Å². The molecular formula is C23H25FN4O2. The average molecular weight is 408 g/mol. The van der Waals surface area contributed by atoms with Crippen molar-refractivity contribution >= 4 is 5.91 Å². The molecule has 2 aromatic carbocycles. The Hall–Kier alpha value is -3.06. The van der Waals surface area contributed by atoms with Crippen molar-refractivity contribution in [1.82, 2.24) is 20.4 Å². The fourth-order valence-corrected chi connectivity index (χ4v) is 3.74. The fourth-order valence-electron chi connectivity index (χ4n) is 3.74. The molecule has 4 rings (SSSR count). The van der Waals surface area contributed by atoms with Crippen LogP contribution in [0.25, 0.3) is 11.4 Å². The van der Waals surface area contributed by atoms with Gasteiger partial charge in [-0.05, 0) is 62.7 Å². The van der Waals surface area contributed by atoms with Gasteiger partial charge < -0.3 is 9.84 Å². The summed E-state index contributed by atoms with van der Waals surface area (Å²) in [5.74, 6) is 0.809. The van der Waals surface area contributed by atoms with Crippen LogP contribution >= 0.6 is 0 Å². The molecule has 1 aromatic heterocycles. The Morgan fingerprint density at radius 3 is 2.57 bits per heavy atom. The number of nitrogens with zero attached hydrogens (tertiary/aromatic N) is 3. The number of likely N-dealkylation sites (tertiary alicyclic amines) is 1. The maximum absolute atomic E-state index is 13.1. The van der Waals surface area contributed by atoms with Crippen LogP contribution in [0.4, 0.5) is 4.39 Å². The van der Waals surface area contributed by atoms with Gasteiger partial charge in [0.2, 0.25) is 17.6 Å². The minimum atomic E-state index is -0.299. The Balaban J connectivity index is 1.27. The second kappa shape index (κ2) is 9.17. The van der Waals surface area contributed by atoms with E-state index < -0.39 is 0 Å². The van der Waals surface area contributed by atoms with Gasteiger partial charge in [0.15, 0.2) is 0 Å². The van der Waals surface area contributed by atoms with Gasteiger partial charge in [-0.3, -0.25) is 9.69 Å². The third kappa shape index (κ3) is 4.91. The van der Waals surface area contributed by atoms with Crippen molar-refractivity contribution in [2.45, 2.75) is 32.4 Å². The molecule has 1 aliphatic rings. The molecular weight excluding hydrogens is 383 g/mol. The van der Waals surface area contributed by atoms with Gasteiger partial charge >= 0.3 is 0 Å². The van der Waals surface area contributed by atoms with Crippen LogP contribution in [-0.4, -0.2) is 34.0 Å². The summed E-state index contributed by atoms with van der Waals surface area (Å²) in [5, 5.41) is 7.12. The molecule has 1 saturated heterocycles. The van der Waals surface area contributed by atoms with E-state index in [0.717, 1.165) is 31.5 Å². The summed E-state index contributed by atoms with van der Waals surface area (Å²) < 4.78 is 18.4. The number of rotatable bonds is 6. The molecule has 2 heterocycles. The van der Waals surface area contributed by atoms with Crippen LogP contribution < -0.4 is 5.32 Å². The average Bonchev–Trinajstić information content (AvgIpc) is 3.23. The van der Waals surface area contributed by atoms with Crippen LogP contribution in [0.2, 0.25) is 0 Å². The zero-order valence-corrected chi connectivity index (χ0v) is 16.9. The molecule has 0 saturated carbocycles. The van der Waals surface area contributed by atoms with Crippen LogP contribution in [0, 0.1) is 11.7 Å². The second-order valence-corrected chi connectivity index (χ2v) is 7.71. The van der Waals surface area contributed by atoms with Gasteiger partial charge in [0, 0.05) is 11.5 Å². The summed E-state index contributed by atoms with van der Waals surface area (Å²) in [4.78, 5) is 19.3. The highest BCUT2D eigenvalue weighted by molar-refractivity contribution is 5.79. The lowest BCUT2D eigenvalue weighted by atomic mass is 9.95. The molecule has 7 heteroatoms. The predicted octanol–water partition coefficient (Wildman–Crippen LogP) is 3.97. The SMILES string of the molecule is CC(NC(=O)C1CCN(Cc2nc(-c3ccc(F)cc3)no2)CC1)c1ccccc1. The van der Waals surface area contributed by atoms with Crippen LogP contribution in [0.15, 0.2) is 59.1 Å². The van der Waals surface area contributed by atoms with E-state index in [9.17, 15) is 9.18 Å². The standard InChI is InChI=1S/C23H25FN4O2/c1-16(17-5-3-2-4-6-17)25-23(29)19-11-13-28(14-12-19)15-21-26-22(27-30-21)18-7-9-20(24)10-8-18/h2-10,16,19H,11-15H2,1H3,(H,25,29). The molecule has 1 N–H and O–H groups in total. The number of aromatic nitrogens is 2. The first kappa shape index (κ1) is 20.2. The zero-order chi connectivity index (χ0) is 20.9. The fraction of sp³-hybridized carbons (Fsp3) is 0.348. The van der Waals surface area contributed by atoms with E-state index in [1.54, 1.807) is 12.1 Å². The Kier molecular flexibility index (Phi) is 6.18. The quantitative estimate of drug-likeness (QED) is 0.668. The van der Waals surface area contributed by atoms with E-state index >= 15 is 0 Å². The molecule has 1 amide bonds. The monoisotopic (exact) mass is 408 g/mol. The number of halogens is 1. The van der Waals surface area contributed by atoms with Crippen molar-refractivity contribution in [3.8, 4) is 11.4 Å². The van der Waals surface area contributed by atoms with Crippen molar-refractivity contribution in [3.63, 3.8) is 0 Å². The maximum atomic E-state index is 13.1. The third-order valence-electron chi connectivity index (χ3n) is 5.55. The first-order valence-corrected chi connectivity index (χ1v) is 10.2. The zero-order valence-electron chi connectivity index (χ0n) is 16.9. The predicted molar refractivity (Wildman–Crippen MR) is 111 cm³/mol. The summed E-state index contributed by atoms with van der Waals surface area (Å²) in [6.45, 7) is 4.15. The number of benzene rings is 2. The van der Waals surface area contributed by atoms with E-state index in [1.165, 1.54) is 12.1 Å². The molecule has 0 radical (unpaired) electrons. The minimum absolute atomic E-state index is 0.00000490. The molecule has 0 spiro atoms. The molecule has 1 atom stereocenters. The Morgan fingerprint density at radius 1 is 1.17 bits per heavy atom. The number of hydrogen-bond acceptors (Lipinski definition) is 5. The number of piperidine rings is 1. The topological polar surface area (TPSA) is 71.3 Å². The van der Waals surface area contributed by atoms with Crippen LogP contribution in [0.5, 0.6) is 0 Å². The summed E-state index contributed by atoms with van der Waals surface area (Å²) in [5.41, 5.74) is 1.82. The summed E-state index contributed by atoms with van der Waals surface area (Å²) in [6.07, 6.45) is 1.60. The molecule has 156 valence electrons. The van der Waals surface area contributed by atoms with E-state index in [2.05, 4.69) is 20.4 Å². The van der Waals surface area contributed by atoms with Crippen molar-refractivity contribution in [3.05, 3.63) is 71.9 Å². The minimum Gasteiger partial charge on any atom is -0.349 e. The third-order valence-corrected chi connectivity index (χ3v) is 5.55. The van der Waals surface area contributed by atoms with Gasteiger partial charge in [0.25, 0.3) is 0 Å². The van der Waals surface area contributed by atoms with E-state index in [0.29, 0.717) is 23.8 Å². The highest BCUT2D eigenvalue weighted by atomic mass is 19.1. The molecule has 1 unspecified atom stereocenters. The first-order chi connectivity index (χ1) is 14.6. The van der Waals surface area contributed by atoms with Gasteiger partial charge in [-0.1, -0.05) is 35.5 Å². The molecule has 1 fully saturated rings. The van der Waals surface area contributed by atoms with Crippen molar-refractivity contribution in [1.29, 1.82) is 0 Å². The number of nitrogens with one attached hydrogen (secondary N) is 1. The summed E-state index contributed by atoms with van der Waals surface area (Å²) in [7, 11) is 0. The molecule has 3 aromatic rings. The summed E-state index contributed by atoms with van der Waals surface area (Å²) in [6, 6.07) is 16.0.